The van der Waals surface area contributed by atoms with Gasteiger partial charge in [0, 0.05) is 16.8 Å². The van der Waals surface area contributed by atoms with Crippen LogP contribution >= 0.6 is 11.3 Å². The molecule has 6 heteroatoms. The molecule has 1 aliphatic rings. The van der Waals surface area contributed by atoms with Crippen molar-refractivity contribution in [1.82, 2.24) is 4.98 Å². The first kappa shape index (κ1) is 10.9. The van der Waals surface area contributed by atoms with Gasteiger partial charge in [0.2, 0.25) is 0 Å². The van der Waals surface area contributed by atoms with Gasteiger partial charge >= 0.3 is 0 Å². The molecule has 2 N–H and O–H groups in total. The average Bonchev–Trinajstić information content (AvgIpc) is 2.84. The third-order valence-electron chi connectivity index (χ3n) is 2.71. The molecule has 2 heterocycles. The highest BCUT2D eigenvalue weighted by Crippen LogP contribution is 2.31. The maximum Gasteiger partial charge on any atom is 0.268 e. The van der Waals surface area contributed by atoms with E-state index in [1.165, 1.54) is 17.4 Å². The fourth-order valence-corrected chi connectivity index (χ4v) is 2.63. The molecule has 0 atom stereocenters. The van der Waals surface area contributed by atoms with Crippen LogP contribution in [0.1, 0.15) is 25.6 Å². The third-order valence-corrected chi connectivity index (χ3v) is 3.61. The monoisotopic (exact) mass is 259 g/mol. The molecule has 2 aromatic rings. The van der Waals surface area contributed by atoms with Crippen LogP contribution in [0.25, 0.3) is 0 Å². The smallest absolute Gasteiger partial charge is 0.268 e. The first-order valence-corrected chi connectivity index (χ1v) is 6.10. The summed E-state index contributed by atoms with van der Waals surface area (Å²) in [5.41, 5.74) is 6.81. The van der Waals surface area contributed by atoms with Crippen molar-refractivity contribution in [2.75, 3.05) is 10.6 Å². The van der Waals surface area contributed by atoms with E-state index in [9.17, 15) is 9.59 Å². The molecule has 0 bridgehead atoms. The number of fused-ring (bicyclic) bond motifs is 1. The zero-order chi connectivity index (χ0) is 12.9. The molecule has 90 valence electrons. The van der Waals surface area contributed by atoms with Crippen LogP contribution < -0.4 is 10.6 Å². The summed E-state index contributed by atoms with van der Waals surface area (Å²) in [4.78, 5) is 30.5. The highest BCUT2D eigenvalue weighted by molar-refractivity contribution is 7.16. The number of nitrogen functional groups attached to an aromatic ring is 1. The van der Waals surface area contributed by atoms with Gasteiger partial charge in [-0.05, 0) is 25.1 Å². The predicted octanol–water partition coefficient (Wildman–Crippen LogP) is 1.83. The fraction of sp³-hybridized carbons (Fsp3) is 0.0833. The second-order valence-electron chi connectivity index (χ2n) is 4.00. The van der Waals surface area contributed by atoms with E-state index in [-0.39, 0.29) is 11.8 Å². The second kappa shape index (κ2) is 3.64. The van der Waals surface area contributed by atoms with Gasteiger partial charge in [-0.2, -0.15) is 0 Å². The molecular weight excluding hydrogens is 250 g/mol. The first-order chi connectivity index (χ1) is 8.58. The van der Waals surface area contributed by atoms with Crippen LogP contribution in [0, 0.1) is 6.92 Å². The number of carbonyl (C=O) groups excluding carboxylic acids is 2. The van der Waals surface area contributed by atoms with Gasteiger partial charge in [-0.25, -0.2) is 9.88 Å². The molecule has 0 saturated heterocycles. The van der Waals surface area contributed by atoms with Crippen molar-refractivity contribution < 1.29 is 9.59 Å². The number of rotatable bonds is 1. The maximum absolute atomic E-state index is 12.2. The summed E-state index contributed by atoms with van der Waals surface area (Å²) >= 11 is 1.31. The molecule has 0 radical (unpaired) electrons. The summed E-state index contributed by atoms with van der Waals surface area (Å²) in [6.07, 6.45) is 1.64. The zero-order valence-corrected chi connectivity index (χ0v) is 10.3. The van der Waals surface area contributed by atoms with Gasteiger partial charge in [0.15, 0.2) is 5.13 Å². The Morgan fingerprint density at radius 1 is 1.22 bits per heavy atom. The SMILES string of the molecule is Cc1cnc(N2C(=O)c3ccc(N)cc3C2=O)s1. The van der Waals surface area contributed by atoms with E-state index in [2.05, 4.69) is 4.98 Å². The Balaban J connectivity index is 2.12. The van der Waals surface area contributed by atoms with E-state index in [0.29, 0.717) is 21.9 Å². The normalized spacial score (nSPS) is 14.2. The first-order valence-electron chi connectivity index (χ1n) is 5.28. The number of anilines is 2. The minimum Gasteiger partial charge on any atom is -0.399 e. The number of aryl methyl sites for hydroxylation is 1. The van der Waals surface area contributed by atoms with Gasteiger partial charge < -0.3 is 5.73 Å². The summed E-state index contributed by atoms with van der Waals surface area (Å²) in [6, 6.07) is 4.71. The minimum atomic E-state index is -0.364. The van der Waals surface area contributed by atoms with Crippen LogP contribution in [0.5, 0.6) is 0 Å². The van der Waals surface area contributed by atoms with E-state index in [1.54, 1.807) is 18.3 Å². The molecule has 1 aromatic carbocycles. The highest BCUT2D eigenvalue weighted by Gasteiger charge is 2.38. The lowest BCUT2D eigenvalue weighted by molar-refractivity contribution is 0.0926. The van der Waals surface area contributed by atoms with Gasteiger partial charge in [0.05, 0.1) is 11.1 Å². The van der Waals surface area contributed by atoms with Crippen molar-refractivity contribution in [3.8, 4) is 0 Å². The van der Waals surface area contributed by atoms with E-state index < -0.39 is 0 Å². The number of imide groups is 1. The molecule has 3 rings (SSSR count). The summed E-state index contributed by atoms with van der Waals surface area (Å²) in [5, 5.41) is 0.400. The molecule has 0 unspecified atom stereocenters. The second-order valence-corrected chi connectivity index (χ2v) is 5.22. The Morgan fingerprint density at radius 3 is 2.61 bits per heavy atom. The Labute approximate surface area is 107 Å². The van der Waals surface area contributed by atoms with Gasteiger partial charge in [-0.15, -0.1) is 11.3 Å². The Morgan fingerprint density at radius 2 is 1.94 bits per heavy atom. The standard InChI is InChI=1S/C12H9N3O2S/c1-6-5-14-12(18-6)15-10(16)8-3-2-7(13)4-9(8)11(15)17/h2-5H,13H2,1H3. The summed E-state index contributed by atoms with van der Waals surface area (Å²) in [6.45, 7) is 1.87. The fourth-order valence-electron chi connectivity index (χ4n) is 1.88. The van der Waals surface area contributed by atoms with E-state index in [0.717, 1.165) is 9.78 Å². The lowest BCUT2D eigenvalue weighted by Gasteiger charge is -2.08. The van der Waals surface area contributed by atoms with E-state index in [4.69, 9.17) is 5.73 Å². The quantitative estimate of drug-likeness (QED) is 0.626. The largest absolute Gasteiger partial charge is 0.399 e. The number of hydrogen-bond acceptors (Lipinski definition) is 5. The van der Waals surface area contributed by atoms with Gasteiger partial charge in [0.25, 0.3) is 11.8 Å². The van der Waals surface area contributed by atoms with E-state index in [1.807, 2.05) is 6.92 Å². The molecule has 1 aliphatic heterocycles. The minimum absolute atomic E-state index is 0.341. The molecule has 5 nitrogen and oxygen atoms in total. The molecule has 0 spiro atoms. The van der Waals surface area contributed by atoms with Crippen LogP contribution in [0.3, 0.4) is 0 Å². The number of amides is 2. The van der Waals surface area contributed by atoms with Crippen molar-refractivity contribution in [2.24, 2.45) is 0 Å². The Kier molecular flexibility index (Phi) is 2.21. The maximum atomic E-state index is 12.2. The molecule has 2 amide bonds. The van der Waals surface area contributed by atoms with Crippen LogP contribution in [0.15, 0.2) is 24.4 Å². The average molecular weight is 259 g/mol. The lowest BCUT2D eigenvalue weighted by Crippen LogP contribution is -2.29. The number of hydrogen-bond donors (Lipinski definition) is 1. The number of thiazole rings is 1. The van der Waals surface area contributed by atoms with Crippen molar-refractivity contribution in [2.45, 2.75) is 6.92 Å². The lowest BCUT2D eigenvalue weighted by atomic mass is 10.1. The van der Waals surface area contributed by atoms with Crippen LogP contribution in [0.4, 0.5) is 10.8 Å². The van der Waals surface area contributed by atoms with Crippen molar-refractivity contribution >= 4 is 34.0 Å². The van der Waals surface area contributed by atoms with Crippen LogP contribution in [-0.2, 0) is 0 Å². The van der Waals surface area contributed by atoms with Gasteiger partial charge in [0.1, 0.15) is 0 Å². The molecule has 0 fully saturated rings. The molecule has 18 heavy (non-hydrogen) atoms. The topological polar surface area (TPSA) is 76.3 Å². The van der Waals surface area contributed by atoms with Crippen LogP contribution in [-0.4, -0.2) is 16.8 Å². The summed E-state index contributed by atoms with van der Waals surface area (Å²) in [7, 11) is 0. The molecule has 1 aromatic heterocycles. The number of benzene rings is 1. The summed E-state index contributed by atoms with van der Waals surface area (Å²) in [5.74, 6) is -0.707. The van der Waals surface area contributed by atoms with Gasteiger partial charge in [-0.1, -0.05) is 0 Å². The number of nitrogens with zero attached hydrogens (tertiary/aromatic N) is 2. The molecule has 0 aliphatic carbocycles. The number of aromatic nitrogens is 1. The van der Waals surface area contributed by atoms with E-state index >= 15 is 0 Å². The van der Waals surface area contributed by atoms with Gasteiger partial charge in [-0.3, -0.25) is 9.59 Å². The Bertz CT molecular complexity index is 678. The van der Waals surface area contributed by atoms with Crippen molar-refractivity contribution in [3.05, 3.63) is 40.4 Å². The predicted molar refractivity (Wildman–Crippen MR) is 68.8 cm³/mol. The van der Waals surface area contributed by atoms with Crippen molar-refractivity contribution in [1.29, 1.82) is 0 Å². The van der Waals surface area contributed by atoms with Crippen molar-refractivity contribution in [3.63, 3.8) is 0 Å². The third kappa shape index (κ3) is 1.42. The van der Waals surface area contributed by atoms with Crippen LogP contribution in [0.2, 0.25) is 0 Å². The molecule has 0 saturated carbocycles. The number of carbonyl (C=O) groups is 2. The molecular formula is C12H9N3O2S. The number of nitrogens with two attached hydrogens (primary N) is 1. The Hall–Kier alpha value is -2.21. The highest BCUT2D eigenvalue weighted by atomic mass is 32.1. The zero-order valence-electron chi connectivity index (χ0n) is 9.51. The summed E-state index contributed by atoms with van der Waals surface area (Å²) < 4.78 is 0.